The minimum Gasteiger partial charge on any atom is -0.494 e. The van der Waals surface area contributed by atoms with E-state index in [0.29, 0.717) is 60.6 Å². The van der Waals surface area contributed by atoms with E-state index < -0.39 is 11.9 Å². The third-order valence-electron chi connectivity index (χ3n) is 7.58. The topological polar surface area (TPSA) is 92.8 Å². The summed E-state index contributed by atoms with van der Waals surface area (Å²) < 4.78 is 34.0. The molecule has 0 spiro atoms. The normalized spacial score (nSPS) is 13.4. The van der Waals surface area contributed by atoms with Crippen molar-refractivity contribution in [3.05, 3.63) is 102 Å². The molecule has 4 aromatic carbocycles. The maximum absolute atomic E-state index is 12.9. The van der Waals surface area contributed by atoms with Crippen molar-refractivity contribution in [2.45, 2.75) is 58.5 Å². The van der Waals surface area contributed by atoms with E-state index in [2.05, 4.69) is 13.8 Å². The minimum atomic E-state index is -0.553. The van der Waals surface area contributed by atoms with Crippen LogP contribution < -0.4 is 23.7 Å². The lowest BCUT2D eigenvalue weighted by molar-refractivity contribution is 0.0730. The molecule has 1 aliphatic heterocycles. The van der Waals surface area contributed by atoms with Crippen LogP contribution in [0, 0.1) is 0 Å². The van der Waals surface area contributed by atoms with Crippen LogP contribution >= 0.6 is 0 Å². The van der Waals surface area contributed by atoms with Crippen molar-refractivity contribution in [3.8, 4) is 39.9 Å². The van der Waals surface area contributed by atoms with E-state index in [-0.39, 0.29) is 6.10 Å². The zero-order chi connectivity index (χ0) is 32.8. The molecule has 0 aliphatic carbocycles. The van der Waals surface area contributed by atoms with E-state index >= 15 is 0 Å². The molecule has 1 saturated heterocycles. The van der Waals surface area contributed by atoms with E-state index in [4.69, 9.17) is 28.4 Å². The Kier molecular flexibility index (Phi) is 12.3. The summed E-state index contributed by atoms with van der Waals surface area (Å²) in [7, 11) is 0. The second-order valence-electron chi connectivity index (χ2n) is 11.4. The molecule has 1 aliphatic rings. The molecule has 5 rings (SSSR count). The van der Waals surface area contributed by atoms with Crippen LogP contribution in [0.5, 0.6) is 28.7 Å². The van der Waals surface area contributed by atoms with Gasteiger partial charge in [0.05, 0.1) is 30.9 Å². The molecule has 246 valence electrons. The van der Waals surface area contributed by atoms with E-state index in [1.165, 1.54) is 0 Å². The van der Waals surface area contributed by atoms with E-state index in [1.807, 2.05) is 36.4 Å². The van der Waals surface area contributed by atoms with Crippen molar-refractivity contribution in [2.24, 2.45) is 0 Å². The molecule has 0 bridgehead atoms. The summed E-state index contributed by atoms with van der Waals surface area (Å²) in [5, 5.41) is 0. The largest absolute Gasteiger partial charge is 0.494 e. The second-order valence-corrected chi connectivity index (χ2v) is 11.4. The number of ether oxygens (including phenoxy) is 6. The van der Waals surface area contributed by atoms with Crippen molar-refractivity contribution < 1.29 is 38.0 Å². The Morgan fingerprint density at radius 1 is 0.596 bits per heavy atom. The Balaban J connectivity index is 1.13. The fourth-order valence-electron chi connectivity index (χ4n) is 4.74. The van der Waals surface area contributed by atoms with Gasteiger partial charge in [-0.15, -0.1) is 0 Å². The highest BCUT2D eigenvalue weighted by molar-refractivity contribution is 5.93. The molecule has 0 radical (unpaired) electrons. The first-order valence-electron chi connectivity index (χ1n) is 16.4. The average molecular weight is 639 g/mol. The molecular formula is C39H42O8. The van der Waals surface area contributed by atoms with Crippen LogP contribution in [0.1, 0.15) is 73.1 Å². The van der Waals surface area contributed by atoms with Gasteiger partial charge in [0.2, 0.25) is 0 Å². The Bertz CT molecular complexity index is 1580. The van der Waals surface area contributed by atoms with Gasteiger partial charge in [-0.05, 0) is 84.6 Å². The summed E-state index contributed by atoms with van der Waals surface area (Å²) >= 11 is 0. The van der Waals surface area contributed by atoms with Crippen LogP contribution in [-0.4, -0.2) is 44.5 Å². The number of epoxide rings is 1. The molecule has 4 aromatic rings. The summed E-state index contributed by atoms with van der Waals surface area (Å²) in [6.07, 6.45) is 6.57. The summed E-state index contributed by atoms with van der Waals surface area (Å²) in [6, 6.07) is 26.5. The molecule has 0 saturated carbocycles. The van der Waals surface area contributed by atoms with Gasteiger partial charge in [-0.25, -0.2) is 9.59 Å². The lowest BCUT2D eigenvalue weighted by Gasteiger charge is -2.14. The minimum absolute atomic E-state index is 0.0738. The highest BCUT2D eigenvalue weighted by atomic mass is 16.6. The lowest BCUT2D eigenvalue weighted by Crippen LogP contribution is -2.11. The molecule has 8 nitrogen and oxygen atoms in total. The first kappa shape index (κ1) is 33.5. The molecule has 0 amide bonds. The number of rotatable bonds is 18. The third kappa shape index (κ3) is 10.3. The van der Waals surface area contributed by atoms with Gasteiger partial charge in [0, 0.05) is 6.07 Å². The number of unbranched alkanes of at least 4 members (excludes halogenated alkanes) is 4. The van der Waals surface area contributed by atoms with Gasteiger partial charge in [-0.3, -0.25) is 0 Å². The van der Waals surface area contributed by atoms with Crippen LogP contribution in [0.15, 0.2) is 91.0 Å². The predicted octanol–water partition coefficient (Wildman–Crippen LogP) is 8.71. The SMILES string of the molecule is CCCCCOc1ccc(-c2ccc(C(=O)Oc3ccc(C(=O)Oc4ccc(OCCCCC)c(OCC5CO5)c4)cc3)cc2)cc1. The molecule has 0 aromatic heterocycles. The second kappa shape index (κ2) is 17.2. The van der Waals surface area contributed by atoms with Crippen LogP contribution in [0.4, 0.5) is 0 Å². The number of hydrogen-bond acceptors (Lipinski definition) is 8. The molecule has 47 heavy (non-hydrogen) atoms. The average Bonchev–Trinajstić information content (AvgIpc) is 3.94. The molecule has 0 N–H and O–H groups in total. The van der Waals surface area contributed by atoms with Gasteiger partial charge in [0.15, 0.2) is 11.5 Å². The van der Waals surface area contributed by atoms with Crippen molar-refractivity contribution in [2.75, 3.05) is 26.4 Å². The highest BCUT2D eigenvalue weighted by Crippen LogP contribution is 2.33. The molecule has 1 unspecified atom stereocenters. The molecule has 1 fully saturated rings. The lowest BCUT2D eigenvalue weighted by atomic mass is 10.0. The van der Waals surface area contributed by atoms with Gasteiger partial charge < -0.3 is 28.4 Å². The Morgan fingerprint density at radius 3 is 1.70 bits per heavy atom. The number of carbonyl (C=O) groups is 2. The quantitative estimate of drug-likeness (QED) is 0.0463. The van der Waals surface area contributed by atoms with Crippen LogP contribution in [-0.2, 0) is 4.74 Å². The summed E-state index contributed by atoms with van der Waals surface area (Å²) in [5.74, 6) is 1.53. The van der Waals surface area contributed by atoms with Crippen molar-refractivity contribution in [1.82, 2.24) is 0 Å². The summed E-state index contributed by atoms with van der Waals surface area (Å²) in [5.41, 5.74) is 2.72. The standard InChI is InChI=1S/C39H42O8/c1-3-5-7-23-42-32-17-13-29(14-18-32)28-9-11-30(12-10-28)38(40)46-33-19-15-31(16-20-33)39(41)47-34-21-22-36(43-24-8-6-4-2)37(25-34)45-27-35-26-44-35/h9-22,25,35H,3-8,23-24,26-27H2,1-2H3. The van der Waals surface area contributed by atoms with Gasteiger partial charge in [0.1, 0.15) is 30.0 Å². The van der Waals surface area contributed by atoms with Gasteiger partial charge in [-0.1, -0.05) is 63.8 Å². The van der Waals surface area contributed by atoms with Gasteiger partial charge in [-0.2, -0.15) is 0 Å². The van der Waals surface area contributed by atoms with Crippen molar-refractivity contribution >= 4 is 11.9 Å². The first-order valence-corrected chi connectivity index (χ1v) is 16.4. The molecular weight excluding hydrogens is 596 g/mol. The number of esters is 2. The van der Waals surface area contributed by atoms with E-state index in [1.54, 1.807) is 54.6 Å². The van der Waals surface area contributed by atoms with Gasteiger partial charge in [0.25, 0.3) is 0 Å². The Labute approximate surface area is 276 Å². The van der Waals surface area contributed by atoms with E-state index in [9.17, 15) is 9.59 Å². The van der Waals surface area contributed by atoms with Crippen LogP contribution in [0.2, 0.25) is 0 Å². The fraction of sp³-hybridized carbons (Fsp3) is 0.333. The Morgan fingerprint density at radius 2 is 1.11 bits per heavy atom. The highest BCUT2D eigenvalue weighted by Gasteiger charge is 2.24. The zero-order valence-corrected chi connectivity index (χ0v) is 27.1. The number of benzene rings is 4. The monoisotopic (exact) mass is 638 g/mol. The van der Waals surface area contributed by atoms with Crippen molar-refractivity contribution in [1.29, 1.82) is 0 Å². The van der Waals surface area contributed by atoms with Crippen molar-refractivity contribution in [3.63, 3.8) is 0 Å². The maximum atomic E-state index is 12.9. The predicted molar refractivity (Wildman–Crippen MR) is 180 cm³/mol. The summed E-state index contributed by atoms with van der Waals surface area (Å²) in [4.78, 5) is 25.7. The van der Waals surface area contributed by atoms with Gasteiger partial charge >= 0.3 is 11.9 Å². The smallest absolute Gasteiger partial charge is 0.343 e. The van der Waals surface area contributed by atoms with E-state index in [0.717, 1.165) is 55.4 Å². The summed E-state index contributed by atoms with van der Waals surface area (Å²) in [6.45, 7) is 6.67. The zero-order valence-electron chi connectivity index (χ0n) is 27.1. The molecule has 1 heterocycles. The Hall–Kier alpha value is -4.82. The first-order chi connectivity index (χ1) is 23.0. The molecule has 1 atom stereocenters. The number of hydrogen-bond donors (Lipinski definition) is 0. The molecule has 8 heteroatoms. The fourth-order valence-corrected chi connectivity index (χ4v) is 4.74. The van der Waals surface area contributed by atoms with Crippen LogP contribution in [0.25, 0.3) is 11.1 Å². The maximum Gasteiger partial charge on any atom is 0.343 e. The number of carbonyl (C=O) groups excluding carboxylic acids is 2. The third-order valence-corrected chi connectivity index (χ3v) is 7.58. The van der Waals surface area contributed by atoms with Crippen LogP contribution in [0.3, 0.4) is 0 Å².